The third-order valence-electron chi connectivity index (χ3n) is 4.25. The molecule has 2 fully saturated rings. The summed E-state index contributed by atoms with van der Waals surface area (Å²) >= 11 is 0. The van der Waals surface area contributed by atoms with Gasteiger partial charge in [-0.15, -0.1) is 0 Å². The van der Waals surface area contributed by atoms with Gasteiger partial charge in [0.1, 0.15) is 0 Å². The van der Waals surface area contributed by atoms with Crippen molar-refractivity contribution in [2.24, 2.45) is 5.41 Å². The lowest BCUT2D eigenvalue weighted by Crippen LogP contribution is -2.48. The Labute approximate surface area is 119 Å². The van der Waals surface area contributed by atoms with Crippen LogP contribution in [0.4, 0.5) is 4.79 Å². The molecule has 0 bridgehead atoms. The standard InChI is InChI=1S/C14H25N3O3/c1-11(9-17-7-3-2-4-8-17)16-13(20)15-10-14(5-6-14)12(18)19/h11H,2-10H2,1H3,(H,18,19)(H2,15,16,20). The van der Waals surface area contributed by atoms with Crippen LogP contribution in [-0.2, 0) is 4.79 Å². The number of hydrogen-bond acceptors (Lipinski definition) is 3. The molecule has 0 aromatic heterocycles. The van der Waals surface area contributed by atoms with E-state index in [2.05, 4.69) is 15.5 Å². The van der Waals surface area contributed by atoms with Crippen LogP contribution in [0.25, 0.3) is 0 Å². The van der Waals surface area contributed by atoms with Gasteiger partial charge in [-0.2, -0.15) is 0 Å². The number of carbonyl (C=O) groups excluding carboxylic acids is 1. The molecule has 1 unspecified atom stereocenters. The summed E-state index contributed by atoms with van der Waals surface area (Å²) in [4.78, 5) is 25.1. The summed E-state index contributed by atoms with van der Waals surface area (Å²) in [6.07, 6.45) is 5.09. The predicted octanol–water partition coefficient (Wildman–Crippen LogP) is 1.02. The van der Waals surface area contributed by atoms with Crippen LogP contribution in [0.2, 0.25) is 0 Å². The number of likely N-dealkylation sites (tertiary alicyclic amines) is 1. The molecule has 1 aliphatic carbocycles. The minimum absolute atomic E-state index is 0.0769. The molecule has 6 nitrogen and oxygen atoms in total. The maximum absolute atomic E-state index is 11.8. The van der Waals surface area contributed by atoms with Crippen molar-refractivity contribution >= 4 is 12.0 Å². The smallest absolute Gasteiger partial charge is 0.315 e. The minimum atomic E-state index is -0.806. The van der Waals surface area contributed by atoms with Crippen LogP contribution in [0.3, 0.4) is 0 Å². The van der Waals surface area contributed by atoms with E-state index < -0.39 is 11.4 Å². The van der Waals surface area contributed by atoms with Crippen LogP contribution in [0.5, 0.6) is 0 Å². The number of carboxylic acid groups (broad SMARTS) is 1. The highest BCUT2D eigenvalue weighted by Gasteiger charge is 2.50. The molecule has 2 rings (SSSR count). The third-order valence-corrected chi connectivity index (χ3v) is 4.25. The van der Waals surface area contributed by atoms with Crippen molar-refractivity contribution in [3.05, 3.63) is 0 Å². The normalized spacial score (nSPS) is 22.9. The fourth-order valence-electron chi connectivity index (χ4n) is 2.72. The Kier molecular flexibility index (Phi) is 4.86. The molecule has 2 aliphatic rings. The molecule has 1 saturated carbocycles. The fourth-order valence-corrected chi connectivity index (χ4v) is 2.72. The fraction of sp³-hybridized carbons (Fsp3) is 0.857. The lowest BCUT2D eigenvalue weighted by atomic mass is 10.1. The zero-order valence-corrected chi connectivity index (χ0v) is 12.2. The molecular formula is C14H25N3O3. The molecule has 20 heavy (non-hydrogen) atoms. The van der Waals surface area contributed by atoms with Crippen molar-refractivity contribution in [1.29, 1.82) is 0 Å². The number of urea groups is 1. The van der Waals surface area contributed by atoms with Gasteiger partial charge in [0.15, 0.2) is 0 Å². The summed E-state index contributed by atoms with van der Waals surface area (Å²) in [6, 6.07) is -0.185. The van der Waals surface area contributed by atoms with Gasteiger partial charge in [-0.25, -0.2) is 4.79 Å². The van der Waals surface area contributed by atoms with E-state index in [1.54, 1.807) is 0 Å². The quantitative estimate of drug-likeness (QED) is 0.680. The van der Waals surface area contributed by atoms with Crippen LogP contribution in [-0.4, -0.2) is 54.2 Å². The van der Waals surface area contributed by atoms with Crippen LogP contribution in [0, 0.1) is 5.41 Å². The summed E-state index contributed by atoms with van der Waals surface area (Å²) in [6.45, 7) is 5.28. The molecule has 3 N–H and O–H groups in total. The van der Waals surface area contributed by atoms with Gasteiger partial charge in [-0.05, 0) is 45.7 Å². The SMILES string of the molecule is CC(CN1CCCCC1)NC(=O)NCC1(C(=O)O)CC1. The molecule has 1 heterocycles. The number of nitrogens with one attached hydrogen (secondary N) is 2. The van der Waals surface area contributed by atoms with E-state index in [4.69, 9.17) is 5.11 Å². The predicted molar refractivity (Wildman–Crippen MR) is 75.6 cm³/mol. The van der Waals surface area contributed by atoms with Crippen LogP contribution in [0.15, 0.2) is 0 Å². The van der Waals surface area contributed by atoms with Gasteiger partial charge in [-0.1, -0.05) is 6.42 Å². The van der Waals surface area contributed by atoms with Crippen LogP contribution in [0.1, 0.15) is 39.0 Å². The van der Waals surface area contributed by atoms with Crippen LogP contribution >= 0.6 is 0 Å². The Morgan fingerprint density at radius 3 is 2.45 bits per heavy atom. The summed E-state index contributed by atoms with van der Waals surface area (Å²) in [5.41, 5.74) is -0.701. The third kappa shape index (κ3) is 4.10. The number of amides is 2. The molecule has 1 aliphatic heterocycles. The lowest BCUT2D eigenvalue weighted by molar-refractivity contribution is -0.143. The van der Waals surface area contributed by atoms with E-state index in [9.17, 15) is 9.59 Å². The van der Waals surface area contributed by atoms with E-state index in [0.717, 1.165) is 19.6 Å². The Hall–Kier alpha value is -1.30. The average Bonchev–Trinajstić information content (AvgIpc) is 3.18. The van der Waals surface area contributed by atoms with Crippen molar-refractivity contribution in [2.45, 2.75) is 45.1 Å². The Morgan fingerprint density at radius 1 is 1.25 bits per heavy atom. The molecule has 0 radical (unpaired) electrons. The van der Waals surface area contributed by atoms with Crippen molar-refractivity contribution in [3.63, 3.8) is 0 Å². The van der Waals surface area contributed by atoms with E-state index >= 15 is 0 Å². The molecule has 0 aromatic carbocycles. The van der Waals surface area contributed by atoms with Gasteiger partial charge in [0.2, 0.25) is 0 Å². The van der Waals surface area contributed by atoms with Gasteiger partial charge in [-0.3, -0.25) is 4.79 Å². The molecule has 0 aromatic rings. The second-order valence-corrected chi connectivity index (χ2v) is 6.17. The summed E-state index contributed by atoms with van der Waals surface area (Å²) in [5, 5.41) is 14.6. The van der Waals surface area contributed by atoms with Crippen molar-refractivity contribution < 1.29 is 14.7 Å². The highest BCUT2D eigenvalue weighted by atomic mass is 16.4. The Morgan fingerprint density at radius 2 is 1.90 bits per heavy atom. The molecule has 114 valence electrons. The summed E-state index contributed by atoms with van der Waals surface area (Å²) in [7, 11) is 0. The molecule has 2 amide bonds. The monoisotopic (exact) mass is 283 g/mol. The van der Waals surface area contributed by atoms with Crippen molar-refractivity contribution in [2.75, 3.05) is 26.2 Å². The van der Waals surface area contributed by atoms with Crippen molar-refractivity contribution in [3.8, 4) is 0 Å². The number of carbonyl (C=O) groups is 2. The zero-order chi connectivity index (χ0) is 14.6. The second kappa shape index (κ2) is 6.43. The number of piperidine rings is 1. The largest absolute Gasteiger partial charge is 0.481 e. The number of hydrogen-bond donors (Lipinski definition) is 3. The average molecular weight is 283 g/mol. The molecular weight excluding hydrogens is 258 g/mol. The number of rotatable bonds is 6. The van der Waals surface area contributed by atoms with Gasteiger partial charge < -0.3 is 20.6 Å². The van der Waals surface area contributed by atoms with Crippen LogP contribution < -0.4 is 10.6 Å². The maximum atomic E-state index is 11.8. The number of nitrogens with zero attached hydrogens (tertiary/aromatic N) is 1. The first kappa shape index (κ1) is 15.1. The first-order valence-electron chi connectivity index (χ1n) is 7.52. The summed E-state index contributed by atoms with van der Waals surface area (Å²) < 4.78 is 0. The lowest BCUT2D eigenvalue weighted by Gasteiger charge is -2.29. The number of carboxylic acids is 1. The van der Waals surface area contributed by atoms with E-state index in [-0.39, 0.29) is 18.6 Å². The molecule has 1 saturated heterocycles. The topological polar surface area (TPSA) is 81.7 Å². The van der Waals surface area contributed by atoms with Gasteiger partial charge >= 0.3 is 12.0 Å². The van der Waals surface area contributed by atoms with Gasteiger partial charge in [0.05, 0.1) is 5.41 Å². The van der Waals surface area contributed by atoms with Crippen molar-refractivity contribution in [1.82, 2.24) is 15.5 Å². The highest BCUT2D eigenvalue weighted by Crippen LogP contribution is 2.45. The second-order valence-electron chi connectivity index (χ2n) is 6.17. The zero-order valence-electron chi connectivity index (χ0n) is 12.2. The Bertz CT molecular complexity index is 363. The Balaban J connectivity index is 1.64. The van der Waals surface area contributed by atoms with E-state index in [1.807, 2.05) is 6.92 Å². The number of aliphatic carboxylic acids is 1. The van der Waals surface area contributed by atoms with Gasteiger partial charge in [0.25, 0.3) is 0 Å². The van der Waals surface area contributed by atoms with E-state index in [1.165, 1.54) is 19.3 Å². The first-order chi connectivity index (χ1) is 9.52. The van der Waals surface area contributed by atoms with E-state index in [0.29, 0.717) is 12.8 Å². The minimum Gasteiger partial charge on any atom is -0.481 e. The molecule has 1 atom stereocenters. The summed E-state index contributed by atoms with van der Waals surface area (Å²) in [5.74, 6) is -0.806. The highest BCUT2D eigenvalue weighted by molar-refractivity contribution is 5.80. The molecule has 6 heteroatoms. The van der Waals surface area contributed by atoms with Gasteiger partial charge in [0, 0.05) is 19.1 Å². The first-order valence-corrected chi connectivity index (χ1v) is 7.52. The molecule has 0 spiro atoms. The maximum Gasteiger partial charge on any atom is 0.315 e.